The van der Waals surface area contributed by atoms with Gasteiger partial charge in [0.15, 0.2) is 0 Å². The van der Waals surface area contributed by atoms with Gasteiger partial charge in [-0.15, -0.1) is 0 Å². The highest BCUT2D eigenvalue weighted by molar-refractivity contribution is 5.30. The van der Waals surface area contributed by atoms with E-state index in [1.165, 1.54) is 6.07 Å². The van der Waals surface area contributed by atoms with Crippen molar-refractivity contribution >= 4 is 0 Å². The summed E-state index contributed by atoms with van der Waals surface area (Å²) in [6.45, 7) is 0. The Kier molecular flexibility index (Phi) is 4.32. The summed E-state index contributed by atoms with van der Waals surface area (Å²) in [7, 11) is 3.40. The molecule has 21 heavy (non-hydrogen) atoms. The Morgan fingerprint density at radius 1 is 1.29 bits per heavy atom. The van der Waals surface area contributed by atoms with Gasteiger partial charge in [-0.1, -0.05) is 6.07 Å². The number of nitrogens with one attached hydrogen (secondary N) is 1. The molecule has 7 heteroatoms. The van der Waals surface area contributed by atoms with E-state index in [-0.39, 0.29) is 6.04 Å². The number of aromatic nitrogens is 2. The molecule has 114 valence electrons. The van der Waals surface area contributed by atoms with Crippen LogP contribution in [0.4, 0.5) is 17.6 Å². The number of alkyl halides is 3. The van der Waals surface area contributed by atoms with Crippen molar-refractivity contribution in [1.29, 1.82) is 0 Å². The van der Waals surface area contributed by atoms with E-state index in [1.54, 1.807) is 31.0 Å². The molecule has 1 aromatic heterocycles. The minimum Gasteiger partial charge on any atom is -0.313 e. The molecule has 0 fully saturated rings. The molecule has 0 saturated carbocycles. The molecule has 0 amide bonds. The summed E-state index contributed by atoms with van der Waals surface area (Å²) in [5.41, 5.74) is -0.132. The van der Waals surface area contributed by atoms with E-state index >= 15 is 0 Å². The quantitative estimate of drug-likeness (QED) is 0.880. The molecule has 1 N–H and O–H groups in total. The van der Waals surface area contributed by atoms with Crippen LogP contribution in [0.2, 0.25) is 0 Å². The number of benzene rings is 1. The second kappa shape index (κ2) is 5.85. The molecular weight excluding hydrogens is 286 g/mol. The molecule has 2 rings (SSSR count). The Morgan fingerprint density at radius 3 is 2.52 bits per heavy atom. The predicted octanol–water partition coefficient (Wildman–Crippen LogP) is 3.08. The lowest BCUT2D eigenvalue weighted by molar-refractivity contribution is -0.140. The summed E-state index contributed by atoms with van der Waals surface area (Å²) >= 11 is 0. The van der Waals surface area contributed by atoms with Crippen molar-refractivity contribution in [2.24, 2.45) is 7.05 Å². The summed E-state index contributed by atoms with van der Waals surface area (Å²) in [6, 6.07) is 4.47. The summed E-state index contributed by atoms with van der Waals surface area (Å²) in [6.07, 6.45) is -2.53. The molecule has 0 radical (unpaired) electrons. The number of aryl methyl sites for hydroxylation is 1. The third kappa shape index (κ3) is 3.60. The average molecular weight is 301 g/mol. The van der Waals surface area contributed by atoms with Crippen LogP contribution in [0.1, 0.15) is 22.9 Å². The van der Waals surface area contributed by atoms with Crippen LogP contribution in [-0.4, -0.2) is 16.8 Å². The summed E-state index contributed by atoms with van der Waals surface area (Å²) in [5.74, 6) is -1.26. The predicted molar refractivity (Wildman–Crippen MR) is 70.1 cm³/mol. The van der Waals surface area contributed by atoms with Gasteiger partial charge in [0.05, 0.1) is 11.3 Å². The highest BCUT2D eigenvalue weighted by Crippen LogP contribution is 2.33. The van der Waals surface area contributed by atoms with E-state index in [2.05, 4.69) is 10.4 Å². The minimum absolute atomic E-state index is 0.372. The lowest BCUT2D eigenvalue weighted by Crippen LogP contribution is -2.20. The fourth-order valence-electron chi connectivity index (χ4n) is 2.14. The van der Waals surface area contributed by atoms with Crippen LogP contribution >= 0.6 is 0 Å². The van der Waals surface area contributed by atoms with Crippen molar-refractivity contribution in [3.05, 3.63) is 53.1 Å². The van der Waals surface area contributed by atoms with E-state index in [0.29, 0.717) is 12.0 Å². The molecule has 1 unspecified atom stereocenters. The van der Waals surface area contributed by atoms with Gasteiger partial charge in [-0.25, -0.2) is 4.39 Å². The maximum Gasteiger partial charge on any atom is 0.419 e. The highest BCUT2D eigenvalue weighted by Gasteiger charge is 2.34. The van der Waals surface area contributed by atoms with Gasteiger partial charge in [-0.3, -0.25) is 4.68 Å². The number of halogens is 4. The van der Waals surface area contributed by atoms with Gasteiger partial charge in [-0.2, -0.15) is 18.3 Å². The van der Waals surface area contributed by atoms with Gasteiger partial charge in [0.25, 0.3) is 0 Å². The van der Waals surface area contributed by atoms with Crippen LogP contribution < -0.4 is 5.32 Å². The second-order valence-electron chi connectivity index (χ2n) is 4.76. The van der Waals surface area contributed by atoms with Gasteiger partial charge in [0.2, 0.25) is 0 Å². The molecule has 0 bridgehead atoms. The number of hydrogen-bond donors (Lipinski definition) is 1. The number of rotatable bonds is 4. The zero-order chi connectivity index (χ0) is 15.6. The van der Waals surface area contributed by atoms with Gasteiger partial charge in [0.1, 0.15) is 5.82 Å². The highest BCUT2D eigenvalue weighted by atomic mass is 19.4. The smallest absolute Gasteiger partial charge is 0.313 e. The van der Waals surface area contributed by atoms with Crippen LogP contribution in [-0.2, 0) is 19.6 Å². The average Bonchev–Trinajstić information content (AvgIpc) is 2.81. The third-order valence-corrected chi connectivity index (χ3v) is 3.23. The van der Waals surface area contributed by atoms with E-state index < -0.39 is 17.6 Å². The van der Waals surface area contributed by atoms with Crippen molar-refractivity contribution in [2.45, 2.75) is 18.6 Å². The normalized spacial score (nSPS) is 13.4. The zero-order valence-corrected chi connectivity index (χ0v) is 11.6. The molecular formula is C14H15F4N3. The second-order valence-corrected chi connectivity index (χ2v) is 4.76. The molecule has 0 spiro atoms. The molecule has 1 heterocycles. The molecule has 0 aliphatic heterocycles. The maximum absolute atomic E-state index is 13.3. The molecule has 0 aliphatic rings. The first-order valence-electron chi connectivity index (χ1n) is 6.33. The van der Waals surface area contributed by atoms with Crippen molar-refractivity contribution in [2.75, 3.05) is 7.05 Å². The Morgan fingerprint density at radius 2 is 2.00 bits per heavy atom. The lowest BCUT2D eigenvalue weighted by Gasteiger charge is -2.17. The van der Waals surface area contributed by atoms with E-state index in [4.69, 9.17) is 0 Å². The van der Waals surface area contributed by atoms with Crippen LogP contribution in [0.5, 0.6) is 0 Å². The zero-order valence-electron chi connectivity index (χ0n) is 11.6. The fraction of sp³-hybridized carbons (Fsp3) is 0.357. The first-order valence-corrected chi connectivity index (χ1v) is 6.33. The SMILES string of the molecule is CNC(Cc1ccn(C)n1)c1ccc(F)c(C(F)(F)F)c1. The lowest BCUT2D eigenvalue weighted by atomic mass is 9.99. The Labute approximate surface area is 119 Å². The maximum atomic E-state index is 13.3. The number of hydrogen-bond acceptors (Lipinski definition) is 2. The first-order chi connectivity index (χ1) is 9.81. The number of likely N-dealkylation sites (N-methyl/N-ethyl adjacent to an activating group) is 1. The van der Waals surface area contributed by atoms with E-state index in [1.807, 2.05) is 0 Å². The molecule has 0 aliphatic carbocycles. The van der Waals surface area contributed by atoms with Crippen LogP contribution in [0.15, 0.2) is 30.5 Å². The van der Waals surface area contributed by atoms with E-state index in [9.17, 15) is 17.6 Å². The Hall–Kier alpha value is -1.89. The summed E-state index contributed by atoms with van der Waals surface area (Å²) in [4.78, 5) is 0. The van der Waals surface area contributed by atoms with Gasteiger partial charge in [-0.05, 0) is 30.8 Å². The molecule has 1 aromatic carbocycles. The van der Waals surface area contributed by atoms with Crippen LogP contribution in [0.25, 0.3) is 0 Å². The van der Waals surface area contributed by atoms with Gasteiger partial charge in [0, 0.05) is 25.7 Å². The van der Waals surface area contributed by atoms with Crippen LogP contribution in [0, 0.1) is 5.82 Å². The van der Waals surface area contributed by atoms with Crippen molar-refractivity contribution in [1.82, 2.24) is 15.1 Å². The summed E-state index contributed by atoms with van der Waals surface area (Å²) in [5, 5.41) is 7.13. The van der Waals surface area contributed by atoms with Crippen molar-refractivity contribution in [3.63, 3.8) is 0 Å². The third-order valence-electron chi connectivity index (χ3n) is 3.23. The number of nitrogens with zero attached hydrogens (tertiary/aromatic N) is 2. The minimum atomic E-state index is -4.70. The monoisotopic (exact) mass is 301 g/mol. The molecule has 0 saturated heterocycles. The standard InChI is InChI=1S/C14H15F4N3/c1-19-13(8-10-5-6-21(2)20-10)9-3-4-12(15)11(7-9)14(16,17)18/h3-7,13,19H,8H2,1-2H3. The van der Waals surface area contributed by atoms with Crippen molar-refractivity contribution < 1.29 is 17.6 Å². The molecule has 2 aromatic rings. The largest absolute Gasteiger partial charge is 0.419 e. The summed E-state index contributed by atoms with van der Waals surface area (Å²) < 4.78 is 53.2. The van der Waals surface area contributed by atoms with E-state index in [0.717, 1.165) is 17.8 Å². The molecule has 3 nitrogen and oxygen atoms in total. The fourth-order valence-corrected chi connectivity index (χ4v) is 2.14. The Balaban J connectivity index is 2.30. The topological polar surface area (TPSA) is 29.9 Å². The van der Waals surface area contributed by atoms with Gasteiger partial charge < -0.3 is 5.32 Å². The van der Waals surface area contributed by atoms with Crippen LogP contribution in [0.3, 0.4) is 0 Å². The van der Waals surface area contributed by atoms with Crippen molar-refractivity contribution in [3.8, 4) is 0 Å². The first kappa shape index (κ1) is 15.5. The Bertz CT molecular complexity index is 619. The molecule has 1 atom stereocenters. The van der Waals surface area contributed by atoms with Gasteiger partial charge >= 0.3 is 6.18 Å².